The van der Waals surface area contributed by atoms with Crippen molar-refractivity contribution in [1.29, 1.82) is 0 Å². The van der Waals surface area contributed by atoms with Gasteiger partial charge in [0.15, 0.2) is 17.1 Å². The lowest BCUT2D eigenvalue weighted by Gasteiger charge is -2.05. The normalized spacial score (nSPS) is 14.7. The lowest BCUT2D eigenvalue weighted by molar-refractivity contribution is 0.447. The Morgan fingerprint density at radius 2 is 2.04 bits per heavy atom. The second-order valence-electron chi connectivity index (χ2n) is 5.78. The van der Waals surface area contributed by atoms with Crippen molar-refractivity contribution in [3.63, 3.8) is 0 Å². The lowest BCUT2D eigenvalue weighted by atomic mass is 10.4. The Kier molecular flexibility index (Phi) is 2.99. The minimum Gasteiger partial charge on any atom is -0.444 e. The van der Waals surface area contributed by atoms with Crippen molar-refractivity contribution in [2.45, 2.75) is 25.3 Å². The SMILES string of the molecule is Cn1c(=O)c2c(nc(Cl)n2Cc2cnc(C3CC3)o2)n(C)c1=O. The summed E-state index contributed by atoms with van der Waals surface area (Å²) in [6, 6.07) is 0. The third-order valence-corrected chi connectivity index (χ3v) is 4.40. The molecule has 9 heteroatoms. The monoisotopic (exact) mass is 335 g/mol. The van der Waals surface area contributed by atoms with Crippen molar-refractivity contribution in [3.05, 3.63) is 44.0 Å². The van der Waals surface area contributed by atoms with Crippen LogP contribution in [0.2, 0.25) is 5.28 Å². The third-order valence-electron chi connectivity index (χ3n) is 4.11. The first-order valence-corrected chi connectivity index (χ1v) is 7.61. The molecule has 1 saturated carbocycles. The first-order chi connectivity index (χ1) is 11.0. The van der Waals surface area contributed by atoms with Crippen LogP contribution in [0.3, 0.4) is 0 Å². The molecular weight excluding hydrogens is 322 g/mol. The first-order valence-electron chi connectivity index (χ1n) is 7.23. The Balaban J connectivity index is 1.87. The van der Waals surface area contributed by atoms with Gasteiger partial charge < -0.3 is 8.98 Å². The van der Waals surface area contributed by atoms with Crippen molar-refractivity contribution in [2.24, 2.45) is 14.1 Å². The molecule has 4 rings (SSSR count). The van der Waals surface area contributed by atoms with Gasteiger partial charge in [-0.05, 0) is 24.4 Å². The van der Waals surface area contributed by atoms with Crippen LogP contribution in [0.5, 0.6) is 0 Å². The van der Waals surface area contributed by atoms with Crippen molar-refractivity contribution in [1.82, 2.24) is 23.7 Å². The number of halogens is 1. The van der Waals surface area contributed by atoms with Crippen LogP contribution < -0.4 is 11.2 Å². The molecule has 8 nitrogen and oxygen atoms in total. The summed E-state index contributed by atoms with van der Waals surface area (Å²) < 4.78 is 9.59. The summed E-state index contributed by atoms with van der Waals surface area (Å²) in [6.45, 7) is 0.239. The minimum atomic E-state index is -0.445. The molecule has 1 aliphatic carbocycles. The number of rotatable bonds is 3. The highest BCUT2D eigenvalue weighted by Gasteiger charge is 2.28. The van der Waals surface area contributed by atoms with Crippen molar-refractivity contribution < 1.29 is 4.42 Å². The molecule has 3 aromatic rings. The molecule has 0 saturated heterocycles. The smallest absolute Gasteiger partial charge is 0.332 e. The number of oxazole rings is 1. The zero-order valence-electron chi connectivity index (χ0n) is 12.6. The van der Waals surface area contributed by atoms with Gasteiger partial charge in [-0.3, -0.25) is 13.9 Å². The molecule has 0 bridgehead atoms. The van der Waals surface area contributed by atoms with Gasteiger partial charge in [0.2, 0.25) is 5.28 Å². The van der Waals surface area contributed by atoms with Gasteiger partial charge in [-0.2, -0.15) is 4.98 Å². The summed E-state index contributed by atoms with van der Waals surface area (Å²) in [5, 5.41) is 0.127. The van der Waals surface area contributed by atoms with Crippen LogP contribution in [0.4, 0.5) is 0 Å². The molecule has 120 valence electrons. The van der Waals surface area contributed by atoms with Crippen molar-refractivity contribution in [2.75, 3.05) is 0 Å². The van der Waals surface area contributed by atoms with Gasteiger partial charge in [0.05, 0.1) is 12.7 Å². The van der Waals surface area contributed by atoms with Crippen LogP contribution in [0.15, 0.2) is 20.2 Å². The second kappa shape index (κ2) is 4.82. The van der Waals surface area contributed by atoms with E-state index in [9.17, 15) is 9.59 Å². The number of aryl methyl sites for hydroxylation is 1. The highest BCUT2D eigenvalue weighted by Crippen LogP contribution is 2.39. The number of hydrogen-bond donors (Lipinski definition) is 0. The van der Waals surface area contributed by atoms with Crippen molar-refractivity contribution in [3.8, 4) is 0 Å². The maximum atomic E-state index is 12.4. The predicted octanol–water partition coefficient (Wildman–Crippen LogP) is 1.00. The van der Waals surface area contributed by atoms with E-state index in [-0.39, 0.29) is 23.0 Å². The Bertz CT molecular complexity index is 1040. The molecule has 3 heterocycles. The van der Waals surface area contributed by atoms with Gasteiger partial charge in [0.25, 0.3) is 5.56 Å². The third kappa shape index (κ3) is 2.13. The quantitative estimate of drug-likeness (QED) is 0.666. The molecule has 0 radical (unpaired) electrons. The van der Waals surface area contributed by atoms with E-state index in [4.69, 9.17) is 16.0 Å². The van der Waals surface area contributed by atoms with Gasteiger partial charge in [-0.1, -0.05) is 0 Å². The van der Waals surface area contributed by atoms with Gasteiger partial charge >= 0.3 is 5.69 Å². The Morgan fingerprint density at radius 1 is 1.30 bits per heavy atom. The fourth-order valence-corrected chi connectivity index (χ4v) is 2.86. The molecule has 23 heavy (non-hydrogen) atoms. The molecule has 0 atom stereocenters. The number of fused-ring (bicyclic) bond motifs is 1. The maximum Gasteiger partial charge on any atom is 0.332 e. The number of imidazole rings is 1. The van der Waals surface area contributed by atoms with Crippen LogP contribution in [0.1, 0.15) is 30.4 Å². The molecular formula is C14H14ClN5O3. The highest BCUT2D eigenvalue weighted by atomic mass is 35.5. The Labute approximate surface area is 134 Å². The fourth-order valence-electron chi connectivity index (χ4n) is 2.63. The molecule has 0 aliphatic heterocycles. The summed E-state index contributed by atoms with van der Waals surface area (Å²) in [7, 11) is 2.98. The lowest BCUT2D eigenvalue weighted by Crippen LogP contribution is -2.37. The zero-order chi connectivity index (χ0) is 16.3. The van der Waals surface area contributed by atoms with E-state index < -0.39 is 11.2 Å². The molecule has 0 spiro atoms. The van der Waals surface area contributed by atoms with Crippen LogP contribution in [0, 0.1) is 0 Å². The Morgan fingerprint density at radius 3 is 2.74 bits per heavy atom. The molecule has 1 aliphatic rings. The van der Waals surface area contributed by atoms with Crippen LogP contribution in [-0.2, 0) is 20.6 Å². The average Bonchev–Trinajstić information content (AvgIpc) is 3.20. The molecule has 0 N–H and O–H groups in total. The largest absolute Gasteiger partial charge is 0.444 e. The minimum absolute atomic E-state index is 0.127. The van der Waals surface area contributed by atoms with Crippen LogP contribution in [0.25, 0.3) is 11.2 Å². The molecule has 1 fully saturated rings. The highest BCUT2D eigenvalue weighted by molar-refractivity contribution is 6.29. The second-order valence-corrected chi connectivity index (χ2v) is 6.12. The standard InChI is InChI=1S/C14H14ClN5O3/c1-18-10-9(12(21)19(2)14(18)22)20(13(15)17-10)6-8-5-16-11(23-8)7-3-4-7/h5,7H,3-4,6H2,1-2H3. The van der Waals surface area contributed by atoms with Crippen LogP contribution >= 0.6 is 11.6 Å². The van der Waals surface area contributed by atoms with E-state index in [1.807, 2.05) is 0 Å². The number of nitrogens with zero attached hydrogens (tertiary/aromatic N) is 5. The zero-order valence-corrected chi connectivity index (χ0v) is 13.4. The van der Waals surface area contributed by atoms with E-state index in [0.717, 1.165) is 23.3 Å². The maximum absolute atomic E-state index is 12.4. The van der Waals surface area contributed by atoms with E-state index in [2.05, 4.69) is 9.97 Å². The van der Waals surface area contributed by atoms with E-state index >= 15 is 0 Å². The fraction of sp³-hybridized carbons (Fsp3) is 0.429. The molecule has 3 aromatic heterocycles. The van der Waals surface area contributed by atoms with Crippen LogP contribution in [-0.4, -0.2) is 23.7 Å². The summed E-state index contributed by atoms with van der Waals surface area (Å²) in [5.41, 5.74) is -0.363. The van der Waals surface area contributed by atoms with Gasteiger partial charge in [0.1, 0.15) is 5.76 Å². The number of aromatic nitrogens is 5. The molecule has 0 unspecified atom stereocenters. The van der Waals surface area contributed by atoms with E-state index in [0.29, 0.717) is 11.7 Å². The Hall–Kier alpha value is -2.35. The van der Waals surface area contributed by atoms with E-state index in [1.54, 1.807) is 13.2 Å². The average molecular weight is 336 g/mol. The topological polar surface area (TPSA) is 87.8 Å². The summed E-state index contributed by atoms with van der Waals surface area (Å²) >= 11 is 6.17. The van der Waals surface area contributed by atoms with Gasteiger partial charge in [-0.25, -0.2) is 9.78 Å². The van der Waals surface area contributed by atoms with Crippen molar-refractivity contribution >= 4 is 22.8 Å². The summed E-state index contributed by atoms with van der Waals surface area (Å²) in [6.07, 6.45) is 3.83. The predicted molar refractivity (Wildman–Crippen MR) is 82.8 cm³/mol. The number of hydrogen-bond acceptors (Lipinski definition) is 5. The summed E-state index contributed by atoms with van der Waals surface area (Å²) in [5.74, 6) is 1.73. The first kappa shape index (κ1) is 14.3. The van der Waals surface area contributed by atoms with Gasteiger partial charge in [-0.15, -0.1) is 0 Å². The molecule has 0 amide bonds. The molecule has 0 aromatic carbocycles. The summed E-state index contributed by atoms with van der Waals surface area (Å²) in [4.78, 5) is 32.8. The van der Waals surface area contributed by atoms with Gasteiger partial charge in [0, 0.05) is 20.0 Å². The van der Waals surface area contributed by atoms with E-state index in [1.165, 1.54) is 16.2 Å².